The van der Waals surface area contributed by atoms with Crippen molar-refractivity contribution in [2.45, 2.75) is 38.8 Å². The molecule has 6 nitrogen and oxygen atoms in total. The third kappa shape index (κ3) is 5.51. The molecule has 0 aromatic carbocycles. The molecule has 1 aliphatic rings. The van der Waals surface area contributed by atoms with Gasteiger partial charge in [-0.25, -0.2) is 4.98 Å². The van der Waals surface area contributed by atoms with Gasteiger partial charge in [-0.1, -0.05) is 12.8 Å². The number of hydrogen-bond donors (Lipinski definition) is 2. The molecule has 1 fully saturated rings. The monoisotopic (exact) mass is 354 g/mol. The second-order valence-corrected chi connectivity index (χ2v) is 6.70. The van der Waals surface area contributed by atoms with Crippen molar-refractivity contribution >= 4 is 11.8 Å². The zero-order valence-corrected chi connectivity index (χ0v) is 15.7. The summed E-state index contributed by atoms with van der Waals surface area (Å²) in [6.45, 7) is 4.73. The Morgan fingerprint density at radius 3 is 2.62 bits per heavy atom. The number of pyridine rings is 1. The first-order valence-electron chi connectivity index (χ1n) is 9.60. The van der Waals surface area contributed by atoms with Crippen LogP contribution >= 0.6 is 0 Å². The van der Waals surface area contributed by atoms with Crippen molar-refractivity contribution in [3.63, 3.8) is 0 Å². The average molecular weight is 355 g/mol. The van der Waals surface area contributed by atoms with Gasteiger partial charge >= 0.3 is 0 Å². The van der Waals surface area contributed by atoms with Gasteiger partial charge in [0.15, 0.2) is 5.96 Å². The summed E-state index contributed by atoms with van der Waals surface area (Å²) in [5.41, 5.74) is 1.23. The standard InChI is InChI=1S/C20H30N6/c1-21-20(23-10-15-25-11-6-7-12-25)24-17-18-8-9-22-19(16-18)26-13-4-2-3-5-14-26/h6-9,11-12,16H,2-5,10,13-15,17H2,1H3,(H2,21,23,24). The lowest BCUT2D eigenvalue weighted by molar-refractivity contribution is 0.665. The minimum atomic E-state index is 0.743. The summed E-state index contributed by atoms with van der Waals surface area (Å²) >= 11 is 0. The molecular formula is C20H30N6. The van der Waals surface area contributed by atoms with Crippen LogP contribution < -0.4 is 15.5 Å². The second-order valence-electron chi connectivity index (χ2n) is 6.70. The molecule has 0 aliphatic carbocycles. The molecule has 2 aromatic rings. The van der Waals surface area contributed by atoms with E-state index in [1.807, 2.05) is 18.3 Å². The van der Waals surface area contributed by atoms with E-state index in [1.165, 1.54) is 31.2 Å². The highest BCUT2D eigenvalue weighted by atomic mass is 15.2. The van der Waals surface area contributed by atoms with Crippen LogP contribution in [0.3, 0.4) is 0 Å². The Kier molecular flexibility index (Phi) is 6.93. The van der Waals surface area contributed by atoms with Gasteiger partial charge < -0.3 is 20.1 Å². The van der Waals surface area contributed by atoms with Crippen molar-refractivity contribution in [1.82, 2.24) is 20.2 Å². The van der Waals surface area contributed by atoms with Crippen molar-refractivity contribution in [2.24, 2.45) is 4.99 Å². The Balaban J connectivity index is 1.48. The molecule has 0 unspecified atom stereocenters. The Morgan fingerprint density at radius 2 is 1.88 bits per heavy atom. The van der Waals surface area contributed by atoms with E-state index in [-0.39, 0.29) is 0 Å². The second kappa shape index (κ2) is 9.85. The van der Waals surface area contributed by atoms with Gasteiger partial charge in [-0.05, 0) is 42.7 Å². The lowest BCUT2D eigenvalue weighted by Gasteiger charge is -2.22. The molecule has 2 N–H and O–H groups in total. The highest BCUT2D eigenvalue weighted by Crippen LogP contribution is 2.18. The highest BCUT2D eigenvalue weighted by molar-refractivity contribution is 5.79. The molecule has 0 radical (unpaired) electrons. The third-order valence-electron chi connectivity index (χ3n) is 4.75. The summed E-state index contributed by atoms with van der Waals surface area (Å²) in [5.74, 6) is 1.92. The molecule has 26 heavy (non-hydrogen) atoms. The van der Waals surface area contributed by atoms with Crippen molar-refractivity contribution in [3.8, 4) is 0 Å². The maximum atomic E-state index is 4.58. The molecule has 140 valence electrons. The number of aromatic nitrogens is 2. The van der Waals surface area contributed by atoms with E-state index in [0.717, 1.165) is 44.5 Å². The molecule has 2 aromatic heterocycles. The fraction of sp³-hybridized carbons (Fsp3) is 0.500. The van der Waals surface area contributed by atoms with Crippen molar-refractivity contribution in [2.75, 3.05) is 31.6 Å². The van der Waals surface area contributed by atoms with Crippen LogP contribution in [0.4, 0.5) is 5.82 Å². The van der Waals surface area contributed by atoms with Gasteiger partial charge in [-0.15, -0.1) is 0 Å². The summed E-state index contributed by atoms with van der Waals surface area (Å²) in [7, 11) is 1.81. The zero-order valence-electron chi connectivity index (χ0n) is 15.7. The minimum absolute atomic E-state index is 0.743. The molecule has 0 saturated carbocycles. The van der Waals surface area contributed by atoms with Crippen LogP contribution in [0.15, 0.2) is 47.8 Å². The maximum absolute atomic E-state index is 4.58. The number of nitrogens with zero attached hydrogens (tertiary/aromatic N) is 4. The summed E-state index contributed by atoms with van der Waals surface area (Å²) < 4.78 is 2.15. The summed E-state index contributed by atoms with van der Waals surface area (Å²) in [6, 6.07) is 8.35. The zero-order chi connectivity index (χ0) is 18.0. The van der Waals surface area contributed by atoms with Crippen LogP contribution in [0.5, 0.6) is 0 Å². The van der Waals surface area contributed by atoms with Crippen molar-refractivity contribution < 1.29 is 0 Å². The lowest BCUT2D eigenvalue weighted by atomic mass is 10.2. The van der Waals surface area contributed by atoms with Crippen LogP contribution in [-0.2, 0) is 13.1 Å². The molecular weight excluding hydrogens is 324 g/mol. The molecule has 6 heteroatoms. The van der Waals surface area contributed by atoms with Crippen LogP contribution in [0.25, 0.3) is 0 Å². The third-order valence-corrected chi connectivity index (χ3v) is 4.75. The number of nitrogens with one attached hydrogen (secondary N) is 2. The fourth-order valence-electron chi connectivity index (χ4n) is 3.27. The first kappa shape index (κ1) is 18.3. The highest BCUT2D eigenvalue weighted by Gasteiger charge is 2.11. The predicted octanol–water partition coefficient (Wildman–Crippen LogP) is 2.63. The quantitative estimate of drug-likeness (QED) is 0.618. The Hall–Kier alpha value is -2.50. The SMILES string of the molecule is CN=C(NCCn1cccc1)NCc1ccnc(N2CCCCCC2)c1. The van der Waals surface area contributed by atoms with Gasteiger partial charge in [0.1, 0.15) is 5.82 Å². The Bertz CT molecular complexity index is 671. The van der Waals surface area contributed by atoms with Crippen LogP contribution in [0.1, 0.15) is 31.2 Å². The number of rotatable bonds is 6. The normalized spacial score (nSPS) is 15.6. The summed E-state index contributed by atoms with van der Waals surface area (Å²) in [4.78, 5) is 11.3. The van der Waals surface area contributed by atoms with Crippen LogP contribution in [0.2, 0.25) is 0 Å². The first-order chi connectivity index (χ1) is 12.8. The molecule has 0 spiro atoms. The fourth-order valence-corrected chi connectivity index (χ4v) is 3.27. The van der Waals surface area contributed by atoms with E-state index in [0.29, 0.717) is 0 Å². The van der Waals surface area contributed by atoms with E-state index in [4.69, 9.17) is 0 Å². The van der Waals surface area contributed by atoms with E-state index in [9.17, 15) is 0 Å². The average Bonchev–Trinajstić information content (AvgIpc) is 3.04. The van der Waals surface area contributed by atoms with Gasteiger partial charge in [0.25, 0.3) is 0 Å². The lowest BCUT2D eigenvalue weighted by Crippen LogP contribution is -2.38. The first-order valence-corrected chi connectivity index (χ1v) is 9.60. The van der Waals surface area contributed by atoms with Gasteiger partial charge in [-0.2, -0.15) is 0 Å². The molecule has 0 atom stereocenters. The molecule has 0 bridgehead atoms. The largest absolute Gasteiger partial charge is 0.357 e. The number of aliphatic imine (C=N–C) groups is 1. The molecule has 3 rings (SSSR count). The summed E-state index contributed by atoms with van der Waals surface area (Å²) in [6.07, 6.45) is 11.3. The predicted molar refractivity (Wildman–Crippen MR) is 108 cm³/mol. The number of anilines is 1. The smallest absolute Gasteiger partial charge is 0.191 e. The van der Waals surface area contributed by atoms with Crippen LogP contribution in [-0.4, -0.2) is 42.2 Å². The van der Waals surface area contributed by atoms with Gasteiger partial charge in [0.2, 0.25) is 0 Å². The number of hydrogen-bond acceptors (Lipinski definition) is 3. The van der Waals surface area contributed by atoms with Crippen molar-refractivity contribution in [3.05, 3.63) is 48.4 Å². The van der Waals surface area contributed by atoms with Gasteiger partial charge in [-0.3, -0.25) is 4.99 Å². The van der Waals surface area contributed by atoms with E-state index >= 15 is 0 Å². The van der Waals surface area contributed by atoms with Gasteiger partial charge in [0, 0.05) is 58.4 Å². The van der Waals surface area contributed by atoms with E-state index < -0.39 is 0 Å². The maximum Gasteiger partial charge on any atom is 0.191 e. The minimum Gasteiger partial charge on any atom is -0.357 e. The topological polar surface area (TPSA) is 57.5 Å². The molecule has 1 saturated heterocycles. The van der Waals surface area contributed by atoms with Gasteiger partial charge in [0.05, 0.1) is 0 Å². The molecule has 3 heterocycles. The Morgan fingerprint density at radius 1 is 1.12 bits per heavy atom. The van der Waals surface area contributed by atoms with Crippen LogP contribution in [0, 0.1) is 0 Å². The number of guanidine groups is 1. The summed E-state index contributed by atoms with van der Waals surface area (Å²) in [5, 5.41) is 6.75. The van der Waals surface area contributed by atoms with Crippen molar-refractivity contribution in [1.29, 1.82) is 0 Å². The molecule has 0 amide bonds. The van der Waals surface area contributed by atoms with E-state index in [2.05, 4.69) is 54.6 Å². The Labute approximate surface area is 156 Å². The van der Waals surface area contributed by atoms with E-state index in [1.54, 1.807) is 7.05 Å². The molecule has 1 aliphatic heterocycles.